The summed E-state index contributed by atoms with van der Waals surface area (Å²) in [4.78, 5) is 42.0. The van der Waals surface area contributed by atoms with E-state index in [1.165, 1.54) is 11.3 Å². The summed E-state index contributed by atoms with van der Waals surface area (Å²) >= 11 is 3.57. The molecular formula is C14H11IN4O3S. The molecule has 3 heterocycles. The summed E-state index contributed by atoms with van der Waals surface area (Å²) in [6, 6.07) is 5.25. The van der Waals surface area contributed by atoms with E-state index in [4.69, 9.17) is 0 Å². The number of benzene rings is 1. The van der Waals surface area contributed by atoms with Crippen LogP contribution in [0.3, 0.4) is 0 Å². The number of fused-ring (bicyclic) bond motifs is 1. The highest BCUT2D eigenvalue weighted by atomic mass is 127. The number of likely N-dealkylation sites (tertiary alicyclic amines) is 1. The van der Waals surface area contributed by atoms with Crippen LogP contribution >= 0.6 is 33.9 Å². The lowest BCUT2D eigenvalue weighted by molar-refractivity contribution is -0.123. The lowest BCUT2D eigenvalue weighted by Crippen LogP contribution is -2.49. The number of hydrogen-bond acceptors (Lipinski definition) is 5. The molecule has 2 N–H and O–H groups in total. The van der Waals surface area contributed by atoms with Gasteiger partial charge in [0.05, 0.1) is 16.8 Å². The van der Waals surface area contributed by atoms with Gasteiger partial charge in [0.2, 0.25) is 0 Å². The van der Waals surface area contributed by atoms with Gasteiger partial charge in [-0.25, -0.2) is 9.78 Å². The van der Waals surface area contributed by atoms with E-state index in [2.05, 4.69) is 38.2 Å². The second-order valence-electron chi connectivity index (χ2n) is 5.57. The molecule has 1 aromatic carbocycles. The molecule has 2 aliphatic rings. The Bertz CT molecular complexity index is 867. The molecule has 118 valence electrons. The monoisotopic (exact) mass is 442 g/mol. The minimum absolute atomic E-state index is 0.177. The van der Waals surface area contributed by atoms with Gasteiger partial charge < -0.3 is 10.2 Å². The number of thiazole rings is 1. The van der Waals surface area contributed by atoms with E-state index in [1.807, 2.05) is 18.2 Å². The third-order valence-corrected chi connectivity index (χ3v) is 6.48. The quantitative estimate of drug-likeness (QED) is 0.515. The minimum atomic E-state index is -0.988. The van der Waals surface area contributed by atoms with Gasteiger partial charge in [-0.2, -0.15) is 0 Å². The van der Waals surface area contributed by atoms with Crippen LogP contribution in [0.15, 0.2) is 18.2 Å². The molecule has 1 unspecified atom stereocenters. The van der Waals surface area contributed by atoms with Gasteiger partial charge in [0.25, 0.3) is 11.8 Å². The summed E-state index contributed by atoms with van der Waals surface area (Å²) in [6.45, 7) is 0.593. The second-order valence-corrected chi connectivity index (χ2v) is 7.74. The topological polar surface area (TPSA) is 91.4 Å². The summed E-state index contributed by atoms with van der Waals surface area (Å²) in [7, 11) is 0. The number of imide groups is 1. The summed E-state index contributed by atoms with van der Waals surface area (Å²) < 4.78 is 2.04. The Balaban J connectivity index is 1.61. The number of hydrogen-bond donors (Lipinski definition) is 2. The zero-order chi connectivity index (χ0) is 16.2. The summed E-state index contributed by atoms with van der Waals surface area (Å²) in [6.07, 6.45) is 0.415. The zero-order valence-electron chi connectivity index (χ0n) is 11.8. The maximum Gasteiger partial charge on any atom is 0.322 e. The summed E-state index contributed by atoms with van der Waals surface area (Å²) in [5.41, 5.74) is -0.191. The summed E-state index contributed by atoms with van der Waals surface area (Å²) in [5, 5.41) is 5.28. The van der Waals surface area contributed by atoms with E-state index >= 15 is 0 Å². The first-order valence-corrected chi connectivity index (χ1v) is 8.86. The average Bonchev–Trinajstić information content (AvgIpc) is 3.18. The van der Waals surface area contributed by atoms with Crippen LogP contribution in [0.4, 0.5) is 4.79 Å². The molecule has 2 fully saturated rings. The molecule has 0 aliphatic carbocycles. The number of nitrogens with one attached hydrogen (secondary N) is 2. The van der Waals surface area contributed by atoms with Crippen LogP contribution in [0.1, 0.15) is 16.2 Å². The Hall–Kier alpha value is -1.75. The number of nitrogens with zero attached hydrogens (tertiary/aromatic N) is 2. The van der Waals surface area contributed by atoms with E-state index < -0.39 is 11.6 Å². The van der Waals surface area contributed by atoms with Gasteiger partial charge in [0, 0.05) is 10.1 Å². The molecule has 1 aromatic heterocycles. The first kappa shape index (κ1) is 14.8. The molecule has 9 heteroatoms. The van der Waals surface area contributed by atoms with Crippen LogP contribution in [-0.4, -0.2) is 46.4 Å². The molecule has 4 rings (SSSR count). The normalized spacial score (nSPS) is 23.6. The fourth-order valence-corrected chi connectivity index (χ4v) is 4.69. The van der Waals surface area contributed by atoms with Crippen molar-refractivity contribution in [3.63, 3.8) is 0 Å². The predicted molar refractivity (Wildman–Crippen MR) is 92.3 cm³/mol. The Labute approximate surface area is 148 Å². The van der Waals surface area contributed by atoms with Crippen molar-refractivity contribution < 1.29 is 14.4 Å². The van der Waals surface area contributed by atoms with Crippen molar-refractivity contribution in [2.45, 2.75) is 12.0 Å². The highest BCUT2D eigenvalue weighted by Gasteiger charge is 2.51. The van der Waals surface area contributed by atoms with Crippen LogP contribution < -0.4 is 10.6 Å². The van der Waals surface area contributed by atoms with Crippen molar-refractivity contribution in [3.05, 3.63) is 26.8 Å². The highest BCUT2D eigenvalue weighted by molar-refractivity contribution is 14.1. The van der Waals surface area contributed by atoms with Gasteiger partial charge in [0.1, 0.15) is 5.54 Å². The maximum absolute atomic E-state index is 12.7. The van der Waals surface area contributed by atoms with E-state index in [-0.39, 0.29) is 18.4 Å². The molecule has 2 saturated heterocycles. The summed E-state index contributed by atoms with van der Waals surface area (Å²) in [5.74, 6) is -0.565. The van der Waals surface area contributed by atoms with Gasteiger partial charge in [-0.15, -0.1) is 11.3 Å². The third kappa shape index (κ3) is 2.29. The number of rotatable bonds is 1. The van der Waals surface area contributed by atoms with Crippen LogP contribution in [0.5, 0.6) is 0 Å². The lowest BCUT2D eigenvalue weighted by Gasteiger charge is -2.20. The van der Waals surface area contributed by atoms with Crippen LogP contribution in [-0.2, 0) is 4.79 Å². The lowest BCUT2D eigenvalue weighted by atomic mass is 10.00. The maximum atomic E-state index is 12.7. The van der Waals surface area contributed by atoms with Crippen molar-refractivity contribution in [3.8, 4) is 0 Å². The molecule has 1 spiro atoms. The minimum Gasteiger partial charge on any atom is -0.334 e. The first-order valence-electron chi connectivity index (χ1n) is 6.96. The van der Waals surface area contributed by atoms with Crippen LogP contribution in [0.25, 0.3) is 10.2 Å². The first-order chi connectivity index (χ1) is 11.0. The van der Waals surface area contributed by atoms with Crippen molar-refractivity contribution in [1.82, 2.24) is 20.5 Å². The number of aromatic nitrogens is 1. The number of carbonyl (C=O) groups is 3. The second kappa shape index (κ2) is 5.13. The molecule has 2 aromatic rings. The molecule has 0 radical (unpaired) electrons. The van der Waals surface area contributed by atoms with Gasteiger partial charge in [-0.05, 0) is 41.1 Å². The van der Waals surface area contributed by atoms with Gasteiger partial charge in [-0.3, -0.25) is 14.9 Å². The Kier molecular flexibility index (Phi) is 3.30. The fraction of sp³-hybridized carbons (Fsp3) is 0.286. The van der Waals surface area contributed by atoms with Gasteiger partial charge >= 0.3 is 6.03 Å². The predicted octanol–water partition coefficient (Wildman–Crippen LogP) is 1.32. The van der Waals surface area contributed by atoms with E-state index in [9.17, 15) is 14.4 Å². The molecule has 7 nitrogen and oxygen atoms in total. The molecule has 2 aliphatic heterocycles. The third-order valence-electron chi connectivity index (χ3n) is 4.12. The SMILES string of the molecule is O=C1NC(=O)C2(CCN(C(=O)c3nc4cccc(I)c4s3)C2)N1. The number of halogens is 1. The van der Waals surface area contributed by atoms with Gasteiger partial charge in [0.15, 0.2) is 5.01 Å². The Morgan fingerprint density at radius 2 is 2.22 bits per heavy atom. The van der Waals surface area contributed by atoms with Crippen LogP contribution in [0, 0.1) is 3.57 Å². The fourth-order valence-electron chi connectivity index (χ4n) is 2.94. The average molecular weight is 442 g/mol. The van der Waals surface area contributed by atoms with Crippen molar-refractivity contribution in [2.75, 3.05) is 13.1 Å². The zero-order valence-corrected chi connectivity index (χ0v) is 14.7. The highest BCUT2D eigenvalue weighted by Crippen LogP contribution is 2.30. The standard InChI is InChI=1S/C14H11IN4O3S/c15-7-2-1-3-8-9(7)23-10(16-8)11(20)19-5-4-14(6-19)12(21)17-13(22)18-14/h1-3H,4-6H2,(H2,17,18,21,22). The van der Waals surface area contributed by atoms with E-state index in [0.29, 0.717) is 18.0 Å². The van der Waals surface area contributed by atoms with Crippen LogP contribution in [0.2, 0.25) is 0 Å². The smallest absolute Gasteiger partial charge is 0.322 e. The van der Waals surface area contributed by atoms with Crippen molar-refractivity contribution in [1.29, 1.82) is 0 Å². The molecule has 1 atom stereocenters. The molecule has 23 heavy (non-hydrogen) atoms. The largest absolute Gasteiger partial charge is 0.334 e. The number of urea groups is 1. The number of carbonyl (C=O) groups excluding carboxylic acids is 3. The Morgan fingerprint density at radius 1 is 1.39 bits per heavy atom. The molecule has 0 saturated carbocycles. The van der Waals surface area contributed by atoms with E-state index in [1.54, 1.807) is 4.90 Å². The Morgan fingerprint density at radius 3 is 2.91 bits per heavy atom. The van der Waals surface area contributed by atoms with E-state index in [0.717, 1.165) is 13.8 Å². The van der Waals surface area contributed by atoms with Crippen molar-refractivity contribution >= 4 is 62.0 Å². The molecule has 4 amide bonds. The van der Waals surface area contributed by atoms with Crippen molar-refractivity contribution in [2.24, 2.45) is 0 Å². The molecular weight excluding hydrogens is 431 g/mol. The van der Waals surface area contributed by atoms with Gasteiger partial charge in [-0.1, -0.05) is 6.07 Å². The molecule has 0 bridgehead atoms. The number of amides is 4.